The lowest BCUT2D eigenvalue weighted by atomic mass is 10.1. The zero-order valence-corrected chi connectivity index (χ0v) is 19.9. The molecular weight excluding hydrogens is 470 g/mol. The summed E-state index contributed by atoms with van der Waals surface area (Å²) in [7, 11) is -3.40. The summed E-state index contributed by atoms with van der Waals surface area (Å²) >= 11 is 0. The van der Waals surface area contributed by atoms with E-state index in [0.717, 1.165) is 29.7 Å². The Morgan fingerprint density at radius 1 is 1.12 bits per heavy atom. The largest absolute Gasteiger partial charge is 0.486 e. The molecule has 0 unspecified atom stereocenters. The van der Waals surface area contributed by atoms with Crippen LogP contribution in [0.5, 0.6) is 5.75 Å². The number of sulfonamides is 1. The summed E-state index contributed by atoms with van der Waals surface area (Å²) in [5.41, 5.74) is -0.829. The van der Waals surface area contributed by atoms with Crippen LogP contribution in [-0.4, -0.2) is 72.3 Å². The van der Waals surface area contributed by atoms with Gasteiger partial charge in [0.2, 0.25) is 15.8 Å². The van der Waals surface area contributed by atoms with E-state index in [1.165, 1.54) is 10.5 Å². The Bertz CT molecular complexity index is 1200. The number of benzene rings is 1. The van der Waals surface area contributed by atoms with E-state index < -0.39 is 37.9 Å². The summed E-state index contributed by atoms with van der Waals surface area (Å²) in [6, 6.07) is 2.68. The Hall–Kier alpha value is -2.57. The van der Waals surface area contributed by atoms with Crippen molar-refractivity contribution in [2.24, 2.45) is 5.41 Å². The van der Waals surface area contributed by atoms with Gasteiger partial charge in [0, 0.05) is 37.7 Å². The number of halogens is 2. The minimum atomic E-state index is -3.40. The first-order chi connectivity index (χ1) is 16.1. The summed E-state index contributed by atoms with van der Waals surface area (Å²) in [6.07, 6.45) is 2.91. The normalized spacial score (nSPS) is 18.4. The van der Waals surface area contributed by atoms with Crippen LogP contribution in [0.25, 0.3) is 5.69 Å². The second-order valence-corrected chi connectivity index (χ2v) is 11.6. The van der Waals surface area contributed by atoms with Crippen LogP contribution in [0, 0.1) is 17.0 Å². The molecule has 1 saturated carbocycles. The van der Waals surface area contributed by atoms with E-state index in [0.29, 0.717) is 24.8 Å². The molecular formula is C22H28F2N4O5S. The minimum Gasteiger partial charge on any atom is -0.486 e. The first-order valence-electron chi connectivity index (χ1n) is 11.1. The SMILES string of the molecule is CC(C)S(=O)(=O)N1CCN(c2cnn(-c3cc(F)cc(F)c3)c(=O)c2OCC2(CO)CC2)CC1. The van der Waals surface area contributed by atoms with Gasteiger partial charge in [0.1, 0.15) is 17.3 Å². The first-order valence-corrected chi connectivity index (χ1v) is 12.6. The minimum absolute atomic E-state index is 0.0560. The molecule has 0 bridgehead atoms. The molecule has 2 aliphatic rings. The number of ether oxygens (including phenoxy) is 1. The lowest BCUT2D eigenvalue weighted by Crippen LogP contribution is -2.50. The smallest absolute Gasteiger partial charge is 0.316 e. The molecule has 0 spiro atoms. The number of nitrogens with zero attached hydrogens (tertiary/aromatic N) is 4. The summed E-state index contributed by atoms with van der Waals surface area (Å²) in [5.74, 6) is -1.76. The van der Waals surface area contributed by atoms with E-state index in [4.69, 9.17) is 4.74 Å². The van der Waals surface area contributed by atoms with Gasteiger partial charge in [-0.3, -0.25) is 4.79 Å². The molecule has 0 radical (unpaired) electrons. The van der Waals surface area contributed by atoms with Crippen LogP contribution in [0.1, 0.15) is 26.7 Å². The number of aliphatic hydroxyl groups is 1. The summed E-state index contributed by atoms with van der Waals surface area (Å²) in [6.45, 7) is 4.37. The van der Waals surface area contributed by atoms with Crippen molar-refractivity contribution in [2.75, 3.05) is 44.3 Å². The van der Waals surface area contributed by atoms with E-state index in [-0.39, 0.29) is 37.7 Å². The number of hydrogen-bond acceptors (Lipinski definition) is 7. The van der Waals surface area contributed by atoms with Crippen LogP contribution in [0.2, 0.25) is 0 Å². The van der Waals surface area contributed by atoms with Gasteiger partial charge in [-0.05, 0) is 38.8 Å². The number of piperazine rings is 1. The maximum Gasteiger partial charge on any atom is 0.316 e. The predicted octanol–water partition coefficient (Wildman–Crippen LogP) is 1.52. The van der Waals surface area contributed by atoms with E-state index in [9.17, 15) is 27.1 Å². The molecule has 2 heterocycles. The van der Waals surface area contributed by atoms with Crippen molar-refractivity contribution in [3.8, 4) is 11.4 Å². The number of aliphatic hydroxyl groups excluding tert-OH is 1. The Labute approximate surface area is 196 Å². The number of hydrogen-bond donors (Lipinski definition) is 1. The van der Waals surface area contributed by atoms with Gasteiger partial charge in [0.05, 0.1) is 30.3 Å². The van der Waals surface area contributed by atoms with Crippen LogP contribution in [0.4, 0.5) is 14.5 Å². The van der Waals surface area contributed by atoms with Crippen molar-refractivity contribution in [2.45, 2.75) is 31.9 Å². The second kappa shape index (κ2) is 9.23. The summed E-state index contributed by atoms with van der Waals surface area (Å²) in [5, 5.41) is 13.2. The number of anilines is 1. The molecule has 2 fully saturated rings. The summed E-state index contributed by atoms with van der Waals surface area (Å²) < 4.78 is 60.7. The fourth-order valence-corrected chi connectivity index (χ4v) is 5.14. The van der Waals surface area contributed by atoms with Gasteiger partial charge < -0.3 is 14.7 Å². The maximum absolute atomic E-state index is 13.8. The lowest BCUT2D eigenvalue weighted by Gasteiger charge is -2.36. The molecule has 2 aromatic rings. The molecule has 4 rings (SSSR count). The van der Waals surface area contributed by atoms with Crippen molar-refractivity contribution >= 4 is 15.7 Å². The van der Waals surface area contributed by atoms with Gasteiger partial charge in [0.15, 0.2) is 0 Å². The third kappa shape index (κ3) is 4.80. The van der Waals surface area contributed by atoms with Crippen molar-refractivity contribution in [3.05, 3.63) is 46.4 Å². The topological polar surface area (TPSA) is 105 Å². The Balaban J connectivity index is 1.67. The molecule has 1 aliphatic heterocycles. The van der Waals surface area contributed by atoms with Crippen LogP contribution < -0.4 is 15.2 Å². The highest BCUT2D eigenvalue weighted by Crippen LogP contribution is 2.45. The van der Waals surface area contributed by atoms with Gasteiger partial charge in [-0.2, -0.15) is 14.1 Å². The Kier molecular flexibility index (Phi) is 6.67. The highest BCUT2D eigenvalue weighted by Gasteiger charge is 2.43. The van der Waals surface area contributed by atoms with Gasteiger partial charge >= 0.3 is 5.56 Å². The zero-order chi connectivity index (χ0) is 24.7. The molecule has 1 aromatic carbocycles. The monoisotopic (exact) mass is 498 g/mol. The third-order valence-electron chi connectivity index (χ3n) is 6.36. The van der Waals surface area contributed by atoms with Gasteiger partial charge in [-0.25, -0.2) is 17.2 Å². The highest BCUT2D eigenvalue weighted by atomic mass is 32.2. The average Bonchev–Trinajstić information content (AvgIpc) is 3.58. The third-order valence-corrected chi connectivity index (χ3v) is 8.63. The van der Waals surface area contributed by atoms with Crippen LogP contribution in [0.3, 0.4) is 0 Å². The predicted molar refractivity (Wildman–Crippen MR) is 122 cm³/mol. The molecule has 186 valence electrons. The lowest BCUT2D eigenvalue weighted by molar-refractivity contribution is 0.145. The maximum atomic E-state index is 13.8. The van der Waals surface area contributed by atoms with E-state index >= 15 is 0 Å². The zero-order valence-electron chi connectivity index (χ0n) is 19.1. The fraction of sp³-hybridized carbons (Fsp3) is 0.545. The molecule has 12 heteroatoms. The molecule has 1 saturated heterocycles. The van der Waals surface area contributed by atoms with Crippen molar-refractivity contribution in [3.63, 3.8) is 0 Å². The van der Waals surface area contributed by atoms with E-state index in [1.54, 1.807) is 13.8 Å². The van der Waals surface area contributed by atoms with Gasteiger partial charge in [0.25, 0.3) is 0 Å². The number of rotatable bonds is 8. The average molecular weight is 499 g/mol. The quantitative estimate of drug-likeness (QED) is 0.589. The van der Waals surface area contributed by atoms with E-state index in [1.807, 2.05) is 4.90 Å². The Morgan fingerprint density at radius 3 is 2.26 bits per heavy atom. The molecule has 1 N–H and O–H groups in total. The van der Waals surface area contributed by atoms with Crippen LogP contribution >= 0.6 is 0 Å². The second-order valence-electron chi connectivity index (χ2n) is 9.13. The molecule has 1 aromatic heterocycles. The molecule has 0 amide bonds. The standard InChI is InChI=1S/C22H28F2N4O5S/c1-15(2)34(31,32)27-7-5-26(6-8-27)19-12-25-28(18-10-16(23)9-17(24)11-18)21(30)20(19)33-14-22(13-29)3-4-22/h9-12,15,29H,3-8,13-14H2,1-2H3. The van der Waals surface area contributed by atoms with Gasteiger partial charge in [-0.1, -0.05) is 0 Å². The van der Waals surface area contributed by atoms with Crippen molar-refractivity contribution in [1.82, 2.24) is 14.1 Å². The molecule has 34 heavy (non-hydrogen) atoms. The molecule has 9 nitrogen and oxygen atoms in total. The molecule has 0 atom stereocenters. The van der Waals surface area contributed by atoms with E-state index in [2.05, 4.69) is 5.10 Å². The van der Waals surface area contributed by atoms with Crippen LogP contribution in [-0.2, 0) is 10.0 Å². The fourth-order valence-electron chi connectivity index (χ4n) is 3.87. The van der Waals surface area contributed by atoms with Crippen molar-refractivity contribution in [1.29, 1.82) is 0 Å². The Morgan fingerprint density at radius 2 is 1.74 bits per heavy atom. The van der Waals surface area contributed by atoms with Crippen LogP contribution in [0.15, 0.2) is 29.2 Å². The summed E-state index contributed by atoms with van der Waals surface area (Å²) in [4.78, 5) is 15.1. The van der Waals surface area contributed by atoms with Gasteiger partial charge in [-0.15, -0.1) is 0 Å². The first kappa shape index (κ1) is 24.6. The molecule has 1 aliphatic carbocycles. The number of aromatic nitrogens is 2. The van der Waals surface area contributed by atoms with Crippen molar-refractivity contribution < 1.29 is 27.0 Å². The highest BCUT2D eigenvalue weighted by molar-refractivity contribution is 7.89.